The van der Waals surface area contributed by atoms with Gasteiger partial charge >= 0.3 is 0 Å². The second-order valence-corrected chi connectivity index (χ2v) is 5.75. The first-order valence-electron chi connectivity index (χ1n) is 8.06. The highest BCUT2D eigenvalue weighted by Gasteiger charge is 2.08. The third kappa shape index (κ3) is 5.70. The number of nitrogens with zero attached hydrogens (tertiary/aromatic N) is 2. The molecular formula is C20H22N4O. The van der Waals surface area contributed by atoms with Gasteiger partial charge in [-0.3, -0.25) is 4.79 Å². The largest absolute Gasteiger partial charge is 0.378 e. The molecule has 0 atom stereocenters. The van der Waals surface area contributed by atoms with Crippen LogP contribution in [0.4, 0.5) is 11.4 Å². The highest BCUT2D eigenvalue weighted by atomic mass is 16.1. The molecule has 2 rings (SSSR count). The van der Waals surface area contributed by atoms with Gasteiger partial charge in [-0.1, -0.05) is 36.4 Å². The van der Waals surface area contributed by atoms with Gasteiger partial charge in [-0.2, -0.15) is 5.26 Å². The summed E-state index contributed by atoms with van der Waals surface area (Å²) in [6.45, 7) is 0.484. The van der Waals surface area contributed by atoms with Gasteiger partial charge in [0, 0.05) is 38.2 Å². The predicted molar refractivity (Wildman–Crippen MR) is 101 cm³/mol. The molecule has 0 aliphatic heterocycles. The smallest absolute Gasteiger partial charge is 0.263 e. The molecule has 0 aromatic heterocycles. The van der Waals surface area contributed by atoms with Gasteiger partial charge in [0.15, 0.2) is 0 Å². The summed E-state index contributed by atoms with van der Waals surface area (Å²) in [7, 11) is 3.91. The number of rotatable bonds is 7. The Morgan fingerprint density at radius 1 is 1.16 bits per heavy atom. The lowest BCUT2D eigenvalue weighted by Crippen LogP contribution is -2.27. The van der Waals surface area contributed by atoms with Gasteiger partial charge in [-0.15, -0.1) is 0 Å². The number of nitrogens with one attached hydrogen (secondary N) is 2. The van der Waals surface area contributed by atoms with Crippen LogP contribution in [-0.2, 0) is 11.2 Å². The fraction of sp³-hybridized carbons (Fsp3) is 0.200. The predicted octanol–water partition coefficient (Wildman–Crippen LogP) is 2.93. The maximum absolute atomic E-state index is 12.1. The van der Waals surface area contributed by atoms with E-state index in [2.05, 4.69) is 10.6 Å². The Morgan fingerprint density at radius 2 is 1.92 bits per heavy atom. The second kappa shape index (κ2) is 9.14. The van der Waals surface area contributed by atoms with E-state index in [1.165, 1.54) is 6.20 Å². The summed E-state index contributed by atoms with van der Waals surface area (Å²) < 4.78 is 0. The number of carbonyl (C=O) groups is 1. The van der Waals surface area contributed by atoms with Crippen molar-refractivity contribution in [3.05, 3.63) is 71.9 Å². The Hall–Kier alpha value is -3.26. The van der Waals surface area contributed by atoms with Crippen LogP contribution < -0.4 is 15.5 Å². The molecule has 2 aromatic rings. The van der Waals surface area contributed by atoms with Crippen LogP contribution in [0.1, 0.15) is 5.56 Å². The fourth-order valence-corrected chi connectivity index (χ4v) is 2.24. The van der Waals surface area contributed by atoms with Crippen LogP contribution in [0.15, 0.2) is 66.4 Å². The first kappa shape index (κ1) is 18.1. The van der Waals surface area contributed by atoms with E-state index in [9.17, 15) is 10.1 Å². The van der Waals surface area contributed by atoms with E-state index in [-0.39, 0.29) is 11.5 Å². The zero-order valence-electron chi connectivity index (χ0n) is 14.5. The van der Waals surface area contributed by atoms with Crippen LogP contribution in [0.3, 0.4) is 0 Å². The molecule has 0 fully saturated rings. The molecule has 1 amide bonds. The van der Waals surface area contributed by atoms with E-state index in [0.29, 0.717) is 6.54 Å². The Bertz CT molecular complexity index is 776. The van der Waals surface area contributed by atoms with Crippen LogP contribution >= 0.6 is 0 Å². The first-order chi connectivity index (χ1) is 12.1. The van der Waals surface area contributed by atoms with Crippen LogP contribution in [-0.4, -0.2) is 26.5 Å². The topological polar surface area (TPSA) is 68.2 Å². The highest BCUT2D eigenvalue weighted by molar-refractivity contribution is 5.97. The van der Waals surface area contributed by atoms with E-state index >= 15 is 0 Å². The summed E-state index contributed by atoms with van der Waals surface area (Å²) in [6.07, 6.45) is 2.16. The molecule has 0 heterocycles. The molecule has 0 bridgehead atoms. The van der Waals surface area contributed by atoms with Crippen molar-refractivity contribution in [2.45, 2.75) is 6.42 Å². The van der Waals surface area contributed by atoms with Crippen molar-refractivity contribution in [2.75, 3.05) is 30.9 Å². The van der Waals surface area contributed by atoms with Gasteiger partial charge in [0.1, 0.15) is 11.6 Å². The SMILES string of the molecule is CN(C)c1cccc(N/C=C(/C#N)C(=O)NCCc2ccccc2)c1. The van der Waals surface area contributed by atoms with Crippen molar-refractivity contribution in [1.29, 1.82) is 5.26 Å². The molecule has 0 aliphatic rings. The van der Waals surface area contributed by atoms with Gasteiger partial charge in [-0.25, -0.2) is 0 Å². The number of carbonyl (C=O) groups excluding carboxylic acids is 1. The quantitative estimate of drug-likeness (QED) is 0.603. The number of hydrogen-bond acceptors (Lipinski definition) is 4. The number of nitriles is 1. The standard InChI is InChI=1S/C20H22N4O/c1-24(2)19-10-6-9-18(13-19)23-15-17(14-21)20(25)22-12-11-16-7-4-3-5-8-16/h3-10,13,15,23H,11-12H2,1-2H3,(H,22,25)/b17-15-. The minimum atomic E-state index is -0.380. The fourth-order valence-electron chi connectivity index (χ4n) is 2.24. The number of amides is 1. The summed E-state index contributed by atoms with van der Waals surface area (Å²) >= 11 is 0. The maximum atomic E-state index is 12.1. The van der Waals surface area contributed by atoms with E-state index < -0.39 is 0 Å². The van der Waals surface area contributed by atoms with Crippen molar-refractivity contribution in [3.8, 4) is 6.07 Å². The lowest BCUT2D eigenvalue weighted by Gasteiger charge is -2.13. The minimum Gasteiger partial charge on any atom is -0.378 e. The monoisotopic (exact) mass is 334 g/mol. The normalized spacial score (nSPS) is 10.7. The van der Waals surface area contributed by atoms with Crippen molar-refractivity contribution in [3.63, 3.8) is 0 Å². The van der Waals surface area contributed by atoms with Gasteiger partial charge < -0.3 is 15.5 Å². The summed E-state index contributed by atoms with van der Waals surface area (Å²) in [4.78, 5) is 14.1. The number of hydrogen-bond donors (Lipinski definition) is 2. The first-order valence-corrected chi connectivity index (χ1v) is 8.06. The summed E-state index contributed by atoms with van der Waals surface area (Å²) in [5.41, 5.74) is 3.03. The molecule has 0 spiro atoms. The van der Waals surface area contributed by atoms with Crippen LogP contribution in [0.5, 0.6) is 0 Å². The van der Waals surface area contributed by atoms with Gasteiger partial charge in [0.2, 0.25) is 0 Å². The molecular weight excluding hydrogens is 312 g/mol. The molecule has 0 radical (unpaired) electrons. The van der Waals surface area contributed by atoms with E-state index in [0.717, 1.165) is 23.4 Å². The Balaban J connectivity index is 1.91. The van der Waals surface area contributed by atoms with E-state index in [1.807, 2.05) is 79.7 Å². The van der Waals surface area contributed by atoms with Gasteiger partial charge in [-0.05, 0) is 30.2 Å². The molecule has 5 heteroatoms. The molecule has 0 aliphatic carbocycles. The van der Waals surface area contributed by atoms with Crippen LogP contribution in [0.25, 0.3) is 0 Å². The third-order valence-electron chi connectivity index (χ3n) is 3.65. The molecule has 128 valence electrons. The molecule has 0 unspecified atom stereocenters. The molecule has 0 saturated heterocycles. The average Bonchev–Trinajstić information content (AvgIpc) is 2.63. The Labute approximate surface area is 148 Å². The zero-order chi connectivity index (χ0) is 18.1. The van der Waals surface area contributed by atoms with Gasteiger partial charge in [0.05, 0.1) is 0 Å². The maximum Gasteiger partial charge on any atom is 0.263 e. The molecule has 0 saturated carbocycles. The minimum absolute atomic E-state index is 0.0447. The second-order valence-electron chi connectivity index (χ2n) is 5.75. The summed E-state index contributed by atoms with van der Waals surface area (Å²) in [5, 5.41) is 15.0. The van der Waals surface area contributed by atoms with Crippen molar-refractivity contribution >= 4 is 17.3 Å². The average molecular weight is 334 g/mol. The molecule has 2 aromatic carbocycles. The molecule has 25 heavy (non-hydrogen) atoms. The van der Waals surface area contributed by atoms with Crippen LogP contribution in [0, 0.1) is 11.3 Å². The van der Waals surface area contributed by atoms with E-state index in [4.69, 9.17) is 0 Å². The Morgan fingerprint density at radius 3 is 2.60 bits per heavy atom. The number of benzene rings is 2. The lowest BCUT2D eigenvalue weighted by atomic mass is 10.1. The lowest BCUT2D eigenvalue weighted by molar-refractivity contribution is -0.117. The Kier molecular flexibility index (Phi) is 6.61. The molecule has 2 N–H and O–H groups in total. The van der Waals surface area contributed by atoms with Crippen molar-refractivity contribution < 1.29 is 4.79 Å². The highest BCUT2D eigenvalue weighted by Crippen LogP contribution is 2.17. The number of anilines is 2. The zero-order valence-corrected chi connectivity index (χ0v) is 14.5. The van der Waals surface area contributed by atoms with E-state index in [1.54, 1.807) is 0 Å². The summed E-state index contributed by atoms with van der Waals surface area (Å²) in [6, 6.07) is 19.5. The van der Waals surface area contributed by atoms with Crippen LogP contribution in [0.2, 0.25) is 0 Å². The van der Waals surface area contributed by atoms with Crippen molar-refractivity contribution in [2.24, 2.45) is 0 Å². The summed E-state index contributed by atoms with van der Waals surface area (Å²) in [5.74, 6) is -0.380. The van der Waals surface area contributed by atoms with Crippen molar-refractivity contribution in [1.82, 2.24) is 5.32 Å². The van der Waals surface area contributed by atoms with Gasteiger partial charge in [0.25, 0.3) is 5.91 Å². The molecule has 5 nitrogen and oxygen atoms in total. The third-order valence-corrected chi connectivity index (χ3v) is 3.65.